The summed E-state index contributed by atoms with van der Waals surface area (Å²) < 4.78 is 17.1. The number of fused-ring (bicyclic) bond motifs is 1. The van der Waals surface area contributed by atoms with E-state index in [1.165, 1.54) is 0 Å². The highest BCUT2D eigenvalue weighted by Gasteiger charge is 2.36. The van der Waals surface area contributed by atoms with Crippen LogP contribution in [0.1, 0.15) is 28.6 Å². The maximum atomic E-state index is 12.5. The lowest BCUT2D eigenvalue weighted by atomic mass is 9.87. The molecule has 0 fully saturated rings. The number of nitrogens with zero attached hydrogens (tertiary/aromatic N) is 1. The summed E-state index contributed by atoms with van der Waals surface area (Å²) in [4.78, 5) is 12.5. The summed E-state index contributed by atoms with van der Waals surface area (Å²) in [7, 11) is 0. The van der Waals surface area contributed by atoms with Crippen molar-refractivity contribution >= 4 is 11.6 Å². The van der Waals surface area contributed by atoms with Gasteiger partial charge in [0, 0.05) is 16.7 Å². The number of hydrogen-bond acceptors (Lipinski definition) is 7. The van der Waals surface area contributed by atoms with Crippen LogP contribution in [0, 0.1) is 11.3 Å². The van der Waals surface area contributed by atoms with Gasteiger partial charge in [0.1, 0.15) is 36.4 Å². The number of benzene rings is 2. The summed E-state index contributed by atoms with van der Waals surface area (Å²) >= 11 is 5.93. The van der Waals surface area contributed by atoms with E-state index in [9.17, 15) is 15.2 Å². The molecule has 0 bridgehead atoms. The molecule has 0 radical (unpaired) electrons. The zero-order chi connectivity index (χ0) is 22.0. The summed E-state index contributed by atoms with van der Waals surface area (Å²) in [5.74, 6) is -0.524. The molecule has 2 heterocycles. The molecule has 0 saturated heterocycles. The minimum absolute atomic E-state index is 0.0506. The molecular formula is C23H17ClN2O5. The van der Waals surface area contributed by atoms with Gasteiger partial charge in [-0.15, -0.1) is 0 Å². The van der Waals surface area contributed by atoms with E-state index in [-0.39, 0.29) is 35.3 Å². The van der Waals surface area contributed by atoms with Gasteiger partial charge < -0.3 is 24.7 Å². The molecule has 31 heavy (non-hydrogen) atoms. The molecule has 0 spiro atoms. The smallest absolute Gasteiger partial charge is 0.228 e. The third-order valence-corrected chi connectivity index (χ3v) is 5.07. The Labute approximate surface area is 182 Å². The Bertz CT molecular complexity index is 1260. The van der Waals surface area contributed by atoms with E-state index >= 15 is 0 Å². The zero-order valence-electron chi connectivity index (χ0n) is 16.2. The summed E-state index contributed by atoms with van der Waals surface area (Å²) in [6.07, 6.45) is 0. The number of nitriles is 1. The van der Waals surface area contributed by atoms with Crippen LogP contribution in [0.15, 0.2) is 75.3 Å². The standard InChI is InChI=1S/C23H17ClN2O5/c24-14-7-5-13(6-8-14)12-29-19-4-2-1-3-16(19)20-17(10-25)23(26)31-21-18(28)9-15(11-27)30-22(20)21/h1-9,20,27H,11-12,26H2. The fourth-order valence-electron chi connectivity index (χ4n) is 3.37. The van der Waals surface area contributed by atoms with Gasteiger partial charge in [-0.25, -0.2) is 0 Å². The van der Waals surface area contributed by atoms with E-state index in [1.54, 1.807) is 36.4 Å². The van der Waals surface area contributed by atoms with Crippen molar-refractivity contribution in [1.29, 1.82) is 5.26 Å². The van der Waals surface area contributed by atoms with Crippen LogP contribution < -0.4 is 20.6 Å². The molecule has 1 unspecified atom stereocenters. The SMILES string of the molecule is N#CC1=C(N)Oc2c(oc(CO)cc2=O)C1c1ccccc1OCc1ccc(Cl)cc1. The fraction of sp³-hybridized carbons (Fsp3) is 0.130. The number of rotatable bonds is 5. The van der Waals surface area contributed by atoms with Crippen LogP contribution in [0.3, 0.4) is 0 Å². The number of hydrogen-bond donors (Lipinski definition) is 2. The van der Waals surface area contributed by atoms with Crippen LogP contribution in [0.2, 0.25) is 5.02 Å². The molecule has 8 heteroatoms. The zero-order valence-corrected chi connectivity index (χ0v) is 16.9. The van der Waals surface area contributed by atoms with Crippen molar-refractivity contribution in [3.05, 3.63) is 104 Å². The molecule has 7 nitrogen and oxygen atoms in total. The van der Waals surface area contributed by atoms with Crippen LogP contribution in [-0.2, 0) is 13.2 Å². The lowest BCUT2D eigenvalue weighted by Crippen LogP contribution is -2.25. The van der Waals surface area contributed by atoms with E-state index in [1.807, 2.05) is 18.2 Å². The topological polar surface area (TPSA) is 119 Å². The first-order valence-corrected chi connectivity index (χ1v) is 9.71. The second-order valence-electron chi connectivity index (χ2n) is 6.81. The Kier molecular flexibility index (Phi) is 5.67. The van der Waals surface area contributed by atoms with Crippen molar-refractivity contribution in [3.63, 3.8) is 0 Å². The average Bonchev–Trinajstić information content (AvgIpc) is 2.78. The minimum Gasteiger partial charge on any atom is -0.489 e. The van der Waals surface area contributed by atoms with Crippen LogP contribution in [0.5, 0.6) is 11.5 Å². The first-order valence-electron chi connectivity index (χ1n) is 9.33. The third-order valence-electron chi connectivity index (χ3n) is 4.82. The monoisotopic (exact) mass is 436 g/mol. The molecule has 3 aromatic rings. The molecule has 1 atom stereocenters. The molecule has 1 aliphatic heterocycles. The summed E-state index contributed by atoms with van der Waals surface area (Å²) in [5, 5.41) is 19.8. The molecule has 1 aliphatic rings. The van der Waals surface area contributed by atoms with Crippen LogP contribution in [0.4, 0.5) is 0 Å². The number of para-hydroxylation sites is 1. The number of aliphatic hydroxyl groups is 1. The second kappa shape index (κ2) is 8.56. The summed E-state index contributed by atoms with van der Waals surface area (Å²) in [6.45, 7) is -0.225. The van der Waals surface area contributed by atoms with Crippen LogP contribution in [-0.4, -0.2) is 5.11 Å². The molecule has 0 saturated carbocycles. The predicted molar refractivity (Wildman–Crippen MR) is 112 cm³/mol. The van der Waals surface area contributed by atoms with Gasteiger partial charge in [-0.2, -0.15) is 5.26 Å². The summed E-state index contributed by atoms with van der Waals surface area (Å²) in [6, 6.07) is 17.5. The van der Waals surface area contributed by atoms with E-state index in [0.29, 0.717) is 16.3 Å². The largest absolute Gasteiger partial charge is 0.489 e. The number of aliphatic hydroxyl groups excluding tert-OH is 1. The molecular weight excluding hydrogens is 420 g/mol. The number of ether oxygens (including phenoxy) is 2. The fourth-order valence-corrected chi connectivity index (χ4v) is 3.49. The van der Waals surface area contributed by atoms with Gasteiger partial charge in [-0.3, -0.25) is 4.79 Å². The average molecular weight is 437 g/mol. The maximum Gasteiger partial charge on any atom is 0.228 e. The highest BCUT2D eigenvalue weighted by atomic mass is 35.5. The van der Waals surface area contributed by atoms with Gasteiger partial charge in [-0.1, -0.05) is 41.9 Å². The molecule has 1 aromatic heterocycles. The number of nitrogens with two attached hydrogens (primary N) is 1. The molecule has 2 aromatic carbocycles. The van der Waals surface area contributed by atoms with Gasteiger partial charge in [0.25, 0.3) is 0 Å². The predicted octanol–water partition coefficient (Wildman–Crippen LogP) is 3.58. The first-order chi connectivity index (χ1) is 15.0. The Morgan fingerprint density at radius 3 is 2.65 bits per heavy atom. The van der Waals surface area contributed by atoms with E-state index in [0.717, 1.165) is 11.6 Å². The lowest BCUT2D eigenvalue weighted by Gasteiger charge is -2.26. The Morgan fingerprint density at radius 1 is 1.19 bits per heavy atom. The molecule has 156 valence electrons. The van der Waals surface area contributed by atoms with Gasteiger partial charge in [0.2, 0.25) is 17.1 Å². The highest BCUT2D eigenvalue weighted by Crippen LogP contribution is 2.44. The molecule has 0 aliphatic carbocycles. The number of allylic oxidation sites excluding steroid dienone is 1. The quantitative estimate of drug-likeness (QED) is 0.627. The summed E-state index contributed by atoms with van der Waals surface area (Å²) in [5.41, 5.74) is 6.99. The normalized spacial score (nSPS) is 15.1. The van der Waals surface area contributed by atoms with E-state index < -0.39 is 18.0 Å². The van der Waals surface area contributed by atoms with Crippen molar-refractivity contribution in [1.82, 2.24) is 0 Å². The molecule has 4 rings (SSSR count). The Balaban J connectivity index is 1.80. The Morgan fingerprint density at radius 2 is 1.94 bits per heavy atom. The van der Waals surface area contributed by atoms with Crippen LogP contribution in [0.25, 0.3) is 0 Å². The number of halogens is 1. The lowest BCUT2D eigenvalue weighted by molar-refractivity contribution is 0.231. The third kappa shape index (κ3) is 3.99. The highest BCUT2D eigenvalue weighted by molar-refractivity contribution is 6.30. The van der Waals surface area contributed by atoms with E-state index in [4.69, 9.17) is 31.2 Å². The van der Waals surface area contributed by atoms with Crippen LogP contribution >= 0.6 is 11.6 Å². The van der Waals surface area contributed by atoms with Crippen molar-refractivity contribution in [2.75, 3.05) is 0 Å². The first kappa shape index (κ1) is 20.5. The molecule has 0 amide bonds. The van der Waals surface area contributed by atoms with Gasteiger partial charge in [-0.05, 0) is 23.8 Å². The van der Waals surface area contributed by atoms with E-state index in [2.05, 4.69) is 0 Å². The van der Waals surface area contributed by atoms with Crippen molar-refractivity contribution < 1.29 is 19.0 Å². The minimum atomic E-state index is -0.839. The van der Waals surface area contributed by atoms with Gasteiger partial charge in [0.05, 0.1) is 5.92 Å². The van der Waals surface area contributed by atoms with Crippen molar-refractivity contribution in [2.24, 2.45) is 5.73 Å². The van der Waals surface area contributed by atoms with Crippen molar-refractivity contribution in [3.8, 4) is 17.6 Å². The maximum absolute atomic E-state index is 12.5. The van der Waals surface area contributed by atoms with Gasteiger partial charge in [0.15, 0.2) is 5.76 Å². The second-order valence-corrected chi connectivity index (χ2v) is 7.24. The van der Waals surface area contributed by atoms with Gasteiger partial charge >= 0.3 is 0 Å². The van der Waals surface area contributed by atoms with Crippen molar-refractivity contribution in [2.45, 2.75) is 19.1 Å². The molecule has 3 N–H and O–H groups in total. The Hall–Kier alpha value is -3.73.